The van der Waals surface area contributed by atoms with Crippen molar-refractivity contribution >= 4 is 5.78 Å². The first-order chi connectivity index (χ1) is 15.6. The summed E-state index contributed by atoms with van der Waals surface area (Å²) in [6.45, 7) is 1.98. The number of carbonyl (C=O) groups excluding carboxylic acids is 1. The number of unbranched alkanes of at least 4 members (excludes halogenated alkanes) is 1. The van der Waals surface area contributed by atoms with Gasteiger partial charge >= 0.3 is 0 Å². The average Bonchev–Trinajstić information content (AvgIpc) is 3.46. The maximum atomic E-state index is 12.1. The lowest BCUT2D eigenvalue weighted by Gasteiger charge is -2.10. The molecule has 0 aliphatic rings. The van der Waals surface area contributed by atoms with Crippen LogP contribution in [0.4, 0.5) is 0 Å². The Kier molecular flexibility index (Phi) is 6.53. The number of ketones is 1. The number of rotatable bonds is 9. The molecule has 0 saturated carbocycles. The van der Waals surface area contributed by atoms with Gasteiger partial charge in [0.15, 0.2) is 5.78 Å². The van der Waals surface area contributed by atoms with Gasteiger partial charge in [0.05, 0.1) is 23.1 Å². The molecular formula is C24H24N4O4. The van der Waals surface area contributed by atoms with Crippen LogP contribution in [-0.2, 0) is 4.79 Å². The molecule has 1 atom stereocenters. The predicted octanol–water partition coefficient (Wildman–Crippen LogP) is 3.66. The Hall–Kier alpha value is -3.62. The molecule has 0 fully saturated rings. The highest BCUT2D eigenvalue weighted by Gasteiger charge is 2.19. The van der Waals surface area contributed by atoms with E-state index in [-0.39, 0.29) is 18.8 Å². The van der Waals surface area contributed by atoms with Gasteiger partial charge in [-0.1, -0.05) is 47.6 Å². The molecule has 8 heteroatoms. The standard InChI is InChI=1S/C24H24N4O4/c1-16-20(15-25-28(16)19-7-3-2-4-8-19)24-26-23(27-32-24)18-12-10-17(11-13-18)22(31)21(30)9-5-6-14-29/h2-4,7-8,10-13,15,22,29,31H,5-6,9,14H2,1H3. The van der Waals surface area contributed by atoms with Crippen LogP contribution in [0.2, 0.25) is 0 Å². The highest BCUT2D eigenvalue weighted by Crippen LogP contribution is 2.27. The molecule has 0 aliphatic carbocycles. The zero-order valence-electron chi connectivity index (χ0n) is 17.7. The van der Waals surface area contributed by atoms with E-state index in [1.54, 1.807) is 30.5 Å². The molecule has 2 aromatic carbocycles. The Bertz CT molecular complexity index is 1180. The Morgan fingerprint density at radius 3 is 2.56 bits per heavy atom. The van der Waals surface area contributed by atoms with Gasteiger partial charge in [-0.2, -0.15) is 10.1 Å². The molecule has 4 rings (SSSR count). The number of aliphatic hydroxyl groups excluding tert-OH is 2. The molecule has 0 saturated heterocycles. The maximum absolute atomic E-state index is 12.1. The van der Waals surface area contributed by atoms with Crippen LogP contribution in [-0.4, -0.2) is 42.5 Å². The van der Waals surface area contributed by atoms with E-state index in [2.05, 4.69) is 15.2 Å². The fourth-order valence-electron chi connectivity index (χ4n) is 3.45. The zero-order valence-corrected chi connectivity index (χ0v) is 17.7. The number of aromatic nitrogens is 4. The molecule has 164 valence electrons. The summed E-state index contributed by atoms with van der Waals surface area (Å²) in [5.74, 6) is 0.504. The van der Waals surface area contributed by atoms with E-state index < -0.39 is 6.10 Å². The molecule has 0 bridgehead atoms. The van der Waals surface area contributed by atoms with Gasteiger partial charge in [0.1, 0.15) is 6.10 Å². The molecule has 0 spiro atoms. The third-order valence-electron chi connectivity index (χ3n) is 5.29. The van der Waals surface area contributed by atoms with Crippen molar-refractivity contribution in [1.29, 1.82) is 0 Å². The van der Waals surface area contributed by atoms with Gasteiger partial charge in [0, 0.05) is 18.6 Å². The molecule has 0 radical (unpaired) electrons. The Balaban J connectivity index is 1.50. The van der Waals surface area contributed by atoms with Crippen LogP contribution in [0.3, 0.4) is 0 Å². The molecule has 0 amide bonds. The number of Topliss-reactive ketones (excluding diaryl/α,β-unsaturated/α-hetero) is 1. The Labute approximate surface area is 185 Å². The summed E-state index contributed by atoms with van der Waals surface area (Å²) in [4.78, 5) is 16.6. The summed E-state index contributed by atoms with van der Waals surface area (Å²) in [6, 6.07) is 16.6. The number of carbonyl (C=O) groups is 1. The molecule has 2 heterocycles. The van der Waals surface area contributed by atoms with Crippen molar-refractivity contribution in [3.8, 4) is 28.5 Å². The van der Waals surface area contributed by atoms with Gasteiger partial charge in [-0.05, 0) is 37.5 Å². The van der Waals surface area contributed by atoms with Crippen molar-refractivity contribution in [2.45, 2.75) is 32.3 Å². The molecule has 0 aliphatic heterocycles. The van der Waals surface area contributed by atoms with Crippen LogP contribution in [0.1, 0.15) is 36.6 Å². The lowest BCUT2D eigenvalue weighted by Crippen LogP contribution is -2.11. The van der Waals surface area contributed by atoms with E-state index in [0.29, 0.717) is 35.7 Å². The molecule has 4 aromatic rings. The second-order valence-corrected chi connectivity index (χ2v) is 7.49. The molecule has 8 nitrogen and oxygen atoms in total. The lowest BCUT2D eigenvalue weighted by atomic mass is 10.0. The van der Waals surface area contributed by atoms with Crippen LogP contribution in [0.25, 0.3) is 28.5 Å². The number of nitrogens with zero attached hydrogens (tertiary/aromatic N) is 4. The quantitative estimate of drug-likeness (QED) is 0.388. The minimum atomic E-state index is -1.19. The van der Waals surface area contributed by atoms with E-state index >= 15 is 0 Å². The van der Waals surface area contributed by atoms with Crippen molar-refractivity contribution in [3.63, 3.8) is 0 Å². The third-order valence-corrected chi connectivity index (χ3v) is 5.29. The van der Waals surface area contributed by atoms with E-state index in [1.165, 1.54) is 0 Å². The molecule has 2 N–H and O–H groups in total. The summed E-state index contributed by atoms with van der Waals surface area (Å²) >= 11 is 0. The first kappa shape index (κ1) is 21.6. The van der Waals surface area contributed by atoms with Gasteiger partial charge in [0.25, 0.3) is 5.89 Å². The number of benzene rings is 2. The Morgan fingerprint density at radius 1 is 1.09 bits per heavy atom. The summed E-state index contributed by atoms with van der Waals surface area (Å²) in [6.07, 6.45) is 1.84. The smallest absolute Gasteiger partial charge is 0.261 e. The largest absolute Gasteiger partial charge is 0.396 e. The van der Waals surface area contributed by atoms with Gasteiger partial charge in [-0.15, -0.1) is 0 Å². The van der Waals surface area contributed by atoms with Gasteiger partial charge in [0.2, 0.25) is 5.82 Å². The third kappa shape index (κ3) is 4.51. The summed E-state index contributed by atoms with van der Waals surface area (Å²) < 4.78 is 7.28. The van der Waals surface area contributed by atoms with Crippen molar-refractivity contribution in [3.05, 3.63) is 72.1 Å². The van der Waals surface area contributed by atoms with E-state index in [9.17, 15) is 9.90 Å². The van der Waals surface area contributed by atoms with Crippen LogP contribution in [0, 0.1) is 6.92 Å². The fraction of sp³-hybridized carbons (Fsp3) is 0.250. The minimum Gasteiger partial charge on any atom is -0.396 e. The van der Waals surface area contributed by atoms with Crippen molar-refractivity contribution in [1.82, 2.24) is 19.9 Å². The van der Waals surface area contributed by atoms with Crippen molar-refractivity contribution in [2.24, 2.45) is 0 Å². The molecule has 2 aromatic heterocycles. The lowest BCUT2D eigenvalue weighted by molar-refractivity contribution is -0.127. The van der Waals surface area contributed by atoms with Crippen LogP contribution in [0.5, 0.6) is 0 Å². The second-order valence-electron chi connectivity index (χ2n) is 7.49. The van der Waals surface area contributed by atoms with E-state index in [1.807, 2.05) is 41.9 Å². The normalized spacial score (nSPS) is 12.1. The number of para-hydroxylation sites is 1. The first-order valence-electron chi connectivity index (χ1n) is 10.4. The van der Waals surface area contributed by atoms with Gasteiger partial charge in [-0.25, -0.2) is 4.68 Å². The summed E-state index contributed by atoms with van der Waals surface area (Å²) in [5, 5.41) is 27.6. The zero-order chi connectivity index (χ0) is 22.5. The van der Waals surface area contributed by atoms with Crippen molar-refractivity contribution in [2.75, 3.05) is 6.61 Å². The van der Waals surface area contributed by atoms with Gasteiger partial charge < -0.3 is 14.7 Å². The fourth-order valence-corrected chi connectivity index (χ4v) is 3.45. The minimum absolute atomic E-state index is 0.0390. The van der Waals surface area contributed by atoms with Crippen LogP contribution < -0.4 is 0 Å². The number of aliphatic hydroxyl groups is 2. The van der Waals surface area contributed by atoms with Gasteiger partial charge in [-0.3, -0.25) is 4.79 Å². The summed E-state index contributed by atoms with van der Waals surface area (Å²) in [5.41, 5.74) is 3.77. The molecule has 1 unspecified atom stereocenters. The van der Waals surface area contributed by atoms with Crippen LogP contribution >= 0.6 is 0 Å². The maximum Gasteiger partial charge on any atom is 0.261 e. The average molecular weight is 432 g/mol. The van der Waals surface area contributed by atoms with Crippen LogP contribution in [0.15, 0.2) is 65.3 Å². The van der Waals surface area contributed by atoms with E-state index in [0.717, 1.165) is 16.9 Å². The number of hydrogen-bond acceptors (Lipinski definition) is 7. The summed E-state index contributed by atoms with van der Waals surface area (Å²) in [7, 11) is 0. The van der Waals surface area contributed by atoms with Crippen molar-refractivity contribution < 1.29 is 19.5 Å². The molecular weight excluding hydrogens is 408 g/mol. The second kappa shape index (κ2) is 9.67. The number of hydrogen-bond donors (Lipinski definition) is 2. The predicted molar refractivity (Wildman–Crippen MR) is 118 cm³/mol. The molecule has 32 heavy (non-hydrogen) atoms. The topological polar surface area (TPSA) is 114 Å². The highest BCUT2D eigenvalue weighted by atomic mass is 16.5. The SMILES string of the molecule is Cc1c(-c2nc(-c3ccc(C(O)C(=O)CCCCO)cc3)no2)cnn1-c1ccccc1. The Morgan fingerprint density at radius 2 is 1.84 bits per heavy atom. The highest BCUT2D eigenvalue weighted by molar-refractivity contribution is 5.84. The monoisotopic (exact) mass is 432 g/mol. The van der Waals surface area contributed by atoms with E-state index in [4.69, 9.17) is 9.63 Å². The first-order valence-corrected chi connectivity index (χ1v) is 10.4.